The fourth-order valence-corrected chi connectivity index (χ4v) is 2.15. The molecule has 0 heterocycles. The van der Waals surface area contributed by atoms with Gasteiger partial charge in [0.05, 0.1) is 10.2 Å². The van der Waals surface area contributed by atoms with Gasteiger partial charge in [-0.3, -0.25) is 4.79 Å². The normalized spacial score (nSPS) is 13.7. The Kier molecular flexibility index (Phi) is 6.39. The van der Waals surface area contributed by atoms with E-state index in [2.05, 4.69) is 26.6 Å². The Hall–Kier alpha value is -1.17. The third-order valence-corrected chi connectivity index (χ3v) is 3.49. The molecular weight excluding hydrogens is 330 g/mol. The van der Waals surface area contributed by atoms with Crippen molar-refractivity contribution < 1.29 is 13.6 Å². The molecule has 1 aromatic rings. The molecule has 2 N–H and O–H groups in total. The third kappa shape index (κ3) is 4.74. The topological polar surface area (TPSA) is 41.1 Å². The maximum atomic E-state index is 13.6. The highest BCUT2D eigenvalue weighted by molar-refractivity contribution is 9.10. The van der Waals surface area contributed by atoms with Gasteiger partial charge in [-0.15, -0.1) is 0 Å². The van der Waals surface area contributed by atoms with E-state index < -0.39 is 17.7 Å². The van der Waals surface area contributed by atoms with Crippen molar-refractivity contribution in [1.82, 2.24) is 5.32 Å². The van der Waals surface area contributed by atoms with Gasteiger partial charge in [0.2, 0.25) is 5.91 Å². The summed E-state index contributed by atoms with van der Waals surface area (Å²) in [4.78, 5) is 11.9. The Morgan fingerprint density at radius 2 is 1.95 bits per heavy atom. The molecule has 0 saturated heterocycles. The number of nitrogens with one attached hydrogen (secondary N) is 2. The van der Waals surface area contributed by atoms with Gasteiger partial charge >= 0.3 is 0 Å². The van der Waals surface area contributed by atoms with Crippen LogP contribution >= 0.6 is 15.9 Å². The van der Waals surface area contributed by atoms with Gasteiger partial charge < -0.3 is 10.6 Å². The molecule has 0 aliphatic carbocycles. The van der Waals surface area contributed by atoms with Crippen LogP contribution in [0.4, 0.5) is 14.5 Å². The maximum absolute atomic E-state index is 13.6. The molecular formula is C14H19BrF2N2O. The highest BCUT2D eigenvalue weighted by Gasteiger charge is 2.17. The van der Waals surface area contributed by atoms with E-state index in [1.165, 1.54) is 6.07 Å². The Balaban J connectivity index is 2.68. The van der Waals surface area contributed by atoms with E-state index in [4.69, 9.17) is 0 Å². The smallest absolute Gasteiger partial charge is 0.242 e. The lowest BCUT2D eigenvalue weighted by molar-refractivity contribution is -0.122. The third-order valence-electron chi connectivity index (χ3n) is 2.89. The number of amides is 1. The Labute approximate surface area is 126 Å². The van der Waals surface area contributed by atoms with E-state index in [1.54, 1.807) is 6.92 Å². The Bertz CT molecular complexity index is 482. The first-order chi connectivity index (χ1) is 9.35. The molecule has 0 fully saturated rings. The molecule has 3 nitrogen and oxygen atoms in total. The monoisotopic (exact) mass is 348 g/mol. The molecule has 1 amide bonds. The van der Waals surface area contributed by atoms with Gasteiger partial charge in [-0.2, -0.15) is 0 Å². The number of carbonyl (C=O) groups is 1. The summed E-state index contributed by atoms with van der Waals surface area (Å²) in [7, 11) is 0. The standard InChI is InChI=1S/C14H19BrF2N2O/c1-4-5-8(2)18-14(20)9(3)19-13-6-10(15)11(16)7-12(13)17/h6-9,19H,4-5H2,1-3H3,(H,18,20). The summed E-state index contributed by atoms with van der Waals surface area (Å²) >= 11 is 2.99. The van der Waals surface area contributed by atoms with Gasteiger partial charge in [0.1, 0.15) is 17.7 Å². The van der Waals surface area contributed by atoms with E-state index in [9.17, 15) is 13.6 Å². The second kappa shape index (κ2) is 7.57. The summed E-state index contributed by atoms with van der Waals surface area (Å²) < 4.78 is 26.8. The van der Waals surface area contributed by atoms with Crippen molar-refractivity contribution in [2.75, 3.05) is 5.32 Å². The van der Waals surface area contributed by atoms with Crippen molar-refractivity contribution in [3.8, 4) is 0 Å². The molecule has 0 saturated carbocycles. The highest BCUT2D eigenvalue weighted by atomic mass is 79.9. The number of rotatable bonds is 6. The molecule has 0 aromatic heterocycles. The number of anilines is 1. The lowest BCUT2D eigenvalue weighted by Crippen LogP contribution is -2.42. The Morgan fingerprint density at radius 1 is 1.30 bits per heavy atom. The van der Waals surface area contributed by atoms with Crippen molar-refractivity contribution in [3.05, 3.63) is 28.2 Å². The van der Waals surface area contributed by atoms with Crippen LogP contribution in [0.5, 0.6) is 0 Å². The first-order valence-electron chi connectivity index (χ1n) is 6.56. The molecule has 20 heavy (non-hydrogen) atoms. The van der Waals surface area contributed by atoms with E-state index >= 15 is 0 Å². The van der Waals surface area contributed by atoms with Crippen LogP contribution in [0.2, 0.25) is 0 Å². The lowest BCUT2D eigenvalue weighted by Gasteiger charge is -2.19. The average Bonchev–Trinajstić information content (AvgIpc) is 2.35. The zero-order valence-electron chi connectivity index (χ0n) is 11.8. The molecule has 0 aliphatic rings. The number of halogens is 3. The largest absolute Gasteiger partial charge is 0.371 e. The molecule has 0 aliphatic heterocycles. The minimum absolute atomic E-state index is 0.0709. The summed E-state index contributed by atoms with van der Waals surface area (Å²) in [5, 5.41) is 5.58. The first-order valence-corrected chi connectivity index (χ1v) is 7.35. The minimum Gasteiger partial charge on any atom is -0.371 e. The van der Waals surface area contributed by atoms with Crippen LogP contribution in [0, 0.1) is 11.6 Å². The van der Waals surface area contributed by atoms with Crippen LogP contribution < -0.4 is 10.6 Å². The minimum atomic E-state index is -0.730. The summed E-state index contributed by atoms with van der Waals surface area (Å²) in [5.41, 5.74) is 0.0871. The summed E-state index contributed by atoms with van der Waals surface area (Å²) in [6, 6.07) is 1.52. The van der Waals surface area contributed by atoms with Crippen LogP contribution in [0.1, 0.15) is 33.6 Å². The second-order valence-corrected chi connectivity index (χ2v) is 5.66. The van der Waals surface area contributed by atoms with Gasteiger partial charge in [-0.1, -0.05) is 13.3 Å². The lowest BCUT2D eigenvalue weighted by atomic mass is 10.2. The van der Waals surface area contributed by atoms with Crippen molar-refractivity contribution in [1.29, 1.82) is 0 Å². The summed E-state index contributed by atoms with van der Waals surface area (Å²) in [6.07, 6.45) is 1.86. The first kappa shape index (κ1) is 16.9. The number of hydrogen-bond donors (Lipinski definition) is 2. The van der Waals surface area contributed by atoms with Crippen molar-refractivity contribution in [2.45, 2.75) is 45.7 Å². The molecule has 2 unspecified atom stereocenters. The van der Waals surface area contributed by atoms with E-state index in [0.717, 1.165) is 18.9 Å². The SMILES string of the molecule is CCCC(C)NC(=O)C(C)Nc1cc(Br)c(F)cc1F. The van der Waals surface area contributed by atoms with Crippen LogP contribution in [-0.4, -0.2) is 18.0 Å². The maximum Gasteiger partial charge on any atom is 0.242 e. The van der Waals surface area contributed by atoms with Crippen molar-refractivity contribution in [3.63, 3.8) is 0 Å². The fraction of sp³-hybridized carbons (Fsp3) is 0.500. The van der Waals surface area contributed by atoms with E-state index in [1.807, 2.05) is 13.8 Å². The molecule has 1 aromatic carbocycles. The quantitative estimate of drug-likeness (QED) is 0.767. The number of hydrogen-bond acceptors (Lipinski definition) is 2. The second-order valence-electron chi connectivity index (χ2n) is 4.81. The van der Waals surface area contributed by atoms with Crippen LogP contribution in [0.25, 0.3) is 0 Å². The molecule has 112 valence electrons. The van der Waals surface area contributed by atoms with Crippen LogP contribution in [0.15, 0.2) is 16.6 Å². The van der Waals surface area contributed by atoms with Gasteiger partial charge in [0.25, 0.3) is 0 Å². The predicted molar refractivity (Wildman–Crippen MR) is 79.7 cm³/mol. The molecule has 0 bridgehead atoms. The van der Waals surface area contributed by atoms with Gasteiger partial charge in [0, 0.05) is 12.1 Å². The van der Waals surface area contributed by atoms with E-state index in [0.29, 0.717) is 0 Å². The molecule has 2 atom stereocenters. The zero-order chi connectivity index (χ0) is 15.3. The van der Waals surface area contributed by atoms with Crippen molar-refractivity contribution in [2.24, 2.45) is 0 Å². The highest BCUT2D eigenvalue weighted by Crippen LogP contribution is 2.24. The number of carbonyl (C=O) groups excluding carboxylic acids is 1. The summed E-state index contributed by atoms with van der Waals surface area (Å²) in [5.74, 6) is -1.63. The average molecular weight is 349 g/mol. The molecule has 0 radical (unpaired) electrons. The van der Waals surface area contributed by atoms with Crippen LogP contribution in [-0.2, 0) is 4.79 Å². The molecule has 6 heteroatoms. The molecule has 1 rings (SSSR count). The van der Waals surface area contributed by atoms with Gasteiger partial charge in [-0.05, 0) is 42.3 Å². The van der Waals surface area contributed by atoms with Crippen molar-refractivity contribution >= 4 is 27.5 Å². The van der Waals surface area contributed by atoms with E-state index in [-0.39, 0.29) is 22.1 Å². The summed E-state index contributed by atoms with van der Waals surface area (Å²) in [6.45, 7) is 5.59. The van der Waals surface area contributed by atoms with Crippen LogP contribution in [0.3, 0.4) is 0 Å². The Morgan fingerprint density at radius 3 is 2.55 bits per heavy atom. The number of benzene rings is 1. The predicted octanol–water partition coefficient (Wildman–Crippen LogP) is 3.83. The van der Waals surface area contributed by atoms with Gasteiger partial charge in [-0.25, -0.2) is 8.78 Å². The fourth-order valence-electron chi connectivity index (χ4n) is 1.81. The zero-order valence-corrected chi connectivity index (χ0v) is 13.4. The van der Waals surface area contributed by atoms with Gasteiger partial charge in [0.15, 0.2) is 0 Å². The molecule has 0 spiro atoms.